The van der Waals surface area contributed by atoms with Crippen LogP contribution in [0.2, 0.25) is 0 Å². The van der Waals surface area contributed by atoms with Gasteiger partial charge in [0.1, 0.15) is 17.2 Å². The van der Waals surface area contributed by atoms with Crippen molar-refractivity contribution in [2.45, 2.75) is 9.92 Å². The Kier molecular flexibility index (Phi) is 3.75. The number of aromatic nitrogens is 2. The van der Waals surface area contributed by atoms with E-state index in [4.69, 9.17) is 11.1 Å². The SMILES string of the molecule is N=C(N)c1c(Br)cccc1Sc1ccncn1. The second kappa shape index (κ2) is 5.29. The Morgan fingerprint density at radius 3 is 2.82 bits per heavy atom. The van der Waals surface area contributed by atoms with E-state index in [2.05, 4.69) is 25.9 Å². The molecule has 2 aromatic rings. The first-order valence-corrected chi connectivity index (χ1v) is 6.36. The van der Waals surface area contributed by atoms with E-state index >= 15 is 0 Å². The van der Waals surface area contributed by atoms with E-state index in [1.54, 1.807) is 6.20 Å². The van der Waals surface area contributed by atoms with Crippen LogP contribution in [0.5, 0.6) is 0 Å². The number of nitrogens with one attached hydrogen (secondary N) is 1. The van der Waals surface area contributed by atoms with Gasteiger partial charge in [-0.15, -0.1) is 0 Å². The highest BCUT2D eigenvalue weighted by molar-refractivity contribution is 9.10. The van der Waals surface area contributed by atoms with Crippen LogP contribution in [-0.2, 0) is 0 Å². The van der Waals surface area contributed by atoms with Gasteiger partial charge in [-0.3, -0.25) is 5.41 Å². The van der Waals surface area contributed by atoms with E-state index in [1.165, 1.54) is 18.1 Å². The predicted octanol–water partition coefficient (Wildman–Crippen LogP) is 2.67. The number of benzene rings is 1. The molecule has 0 atom stereocenters. The third kappa shape index (κ3) is 2.83. The van der Waals surface area contributed by atoms with Crippen molar-refractivity contribution in [3.63, 3.8) is 0 Å². The molecule has 2 rings (SSSR count). The molecule has 3 N–H and O–H groups in total. The minimum absolute atomic E-state index is 0.0361. The van der Waals surface area contributed by atoms with Crippen molar-refractivity contribution in [3.05, 3.63) is 46.8 Å². The number of rotatable bonds is 3. The number of nitrogen functional groups attached to an aromatic ring is 1. The van der Waals surface area contributed by atoms with Gasteiger partial charge in [-0.1, -0.05) is 17.8 Å². The van der Waals surface area contributed by atoms with Crippen LogP contribution in [0.25, 0.3) is 0 Å². The third-order valence-electron chi connectivity index (χ3n) is 2.01. The molecular weight excluding hydrogens is 300 g/mol. The Morgan fingerprint density at radius 2 is 2.18 bits per heavy atom. The van der Waals surface area contributed by atoms with Crippen LogP contribution >= 0.6 is 27.7 Å². The van der Waals surface area contributed by atoms with Crippen molar-refractivity contribution in [3.8, 4) is 0 Å². The average molecular weight is 309 g/mol. The molecule has 0 aliphatic heterocycles. The summed E-state index contributed by atoms with van der Waals surface area (Å²) in [6.07, 6.45) is 3.18. The molecule has 1 aromatic carbocycles. The molecule has 0 saturated carbocycles. The van der Waals surface area contributed by atoms with Gasteiger partial charge in [0.2, 0.25) is 0 Å². The summed E-state index contributed by atoms with van der Waals surface area (Å²) < 4.78 is 0.809. The number of hydrogen-bond donors (Lipinski definition) is 2. The van der Waals surface area contributed by atoms with E-state index in [9.17, 15) is 0 Å². The molecule has 6 heteroatoms. The summed E-state index contributed by atoms with van der Waals surface area (Å²) in [4.78, 5) is 8.88. The van der Waals surface area contributed by atoms with Gasteiger partial charge in [0.05, 0.1) is 0 Å². The van der Waals surface area contributed by atoms with Crippen molar-refractivity contribution in [2.75, 3.05) is 0 Å². The molecule has 17 heavy (non-hydrogen) atoms. The number of amidine groups is 1. The van der Waals surface area contributed by atoms with Gasteiger partial charge in [-0.05, 0) is 34.1 Å². The fourth-order valence-corrected chi connectivity index (χ4v) is 2.94. The summed E-state index contributed by atoms with van der Waals surface area (Å²) in [5.74, 6) is 0.0361. The second-order valence-corrected chi connectivity index (χ2v) is 5.09. The van der Waals surface area contributed by atoms with Gasteiger partial charge in [-0.25, -0.2) is 9.97 Å². The maximum absolute atomic E-state index is 7.58. The first kappa shape index (κ1) is 12.1. The van der Waals surface area contributed by atoms with E-state index in [-0.39, 0.29) is 5.84 Å². The van der Waals surface area contributed by atoms with E-state index in [0.717, 1.165) is 14.4 Å². The normalized spacial score (nSPS) is 10.2. The zero-order valence-electron chi connectivity index (χ0n) is 8.72. The maximum Gasteiger partial charge on any atom is 0.125 e. The Bertz CT molecular complexity index is 544. The summed E-state index contributed by atoms with van der Waals surface area (Å²) in [5.41, 5.74) is 6.27. The topological polar surface area (TPSA) is 75.7 Å². The van der Waals surface area contributed by atoms with Crippen LogP contribution in [0.1, 0.15) is 5.56 Å². The van der Waals surface area contributed by atoms with Crippen LogP contribution in [0.4, 0.5) is 0 Å². The van der Waals surface area contributed by atoms with E-state index in [0.29, 0.717) is 5.56 Å². The molecule has 0 saturated heterocycles. The number of hydrogen-bond acceptors (Lipinski definition) is 4. The highest BCUT2D eigenvalue weighted by Crippen LogP contribution is 2.32. The van der Waals surface area contributed by atoms with Gasteiger partial charge >= 0.3 is 0 Å². The Labute approximate surface area is 111 Å². The molecular formula is C11H9BrN4S. The highest BCUT2D eigenvalue weighted by atomic mass is 79.9. The molecule has 0 aliphatic rings. The van der Waals surface area contributed by atoms with Gasteiger partial charge in [0.25, 0.3) is 0 Å². The van der Waals surface area contributed by atoms with Crippen molar-refractivity contribution < 1.29 is 0 Å². The molecule has 0 radical (unpaired) electrons. The van der Waals surface area contributed by atoms with Gasteiger partial charge in [0.15, 0.2) is 0 Å². The summed E-state index contributed by atoms with van der Waals surface area (Å²) >= 11 is 4.85. The van der Waals surface area contributed by atoms with Crippen LogP contribution in [-0.4, -0.2) is 15.8 Å². The van der Waals surface area contributed by atoms with Crippen molar-refractivity contribution >= 4 is 33.5 Å². The Balaban J connectivity index is 2.40. The standard InChI is InChI=1S/C11H9BrN4S/c12-7-2-1-3-8(10(7)11(13)14)17-9-4-5-15-6-16-9/h1-6H,(H3,13,14). The molecule has 1 aromatic heterocycles. The second-order valence-electron chi connectivity index (χ2n) is 3.18. The lowest BCUT2D eigenvalue weighted by atomic mass is 10.2. The largest absolute Gasteiger partial charge is 0.384 e. The summed E-state index contributed by atoms with van der Waals surface area (Å²) in [6.45, 7) is 0. The molecule has 86 valence electrons. The summed E-state index contributed by atoms with van der Waals surface area (Å²) in [6, 6.07) is 7.49. The average Bonchev–Trinajstić information content (AvgIpc) is 2.30. The zero-order valence-corrected chi connectivity index (χ0v) is 11.1. The number of halogens is 1. The fraction of sp³-hybridized carbons (Fsp3) is 0. The molecule has 0 unspecified atom stereocenters. The lowest BCUT2D eigenvalue weighted by molar-refractivity contribution is 1.05. The smallest absolute Gasteiger partial charge is 0.125 e. The first-order chi connectivity index (χ1) is 8.18. The minimum Gasteiger partial charge on any atom is -0.384 e. The van der Waals surface area contributed by atoms with Crippen molar-refractivity contribution in [1.82, 2.24) is 9.97 Å². The summed E-state index contributed by atoms with van der Waals surface area (Å²) in [7, 11) is 0. The molecule has 0 spiro atoms. The number of nitrogens with zero attached hydrogens (tertiary/aromatic N) is 2. The quantitative estimate of drug-likeness (QED) is 0.519. The van der Waals surface area contributed by atoms with Crippen molar-refractivity contribution in [2.24, 2.45) is 5.73 Å². The van der Waals surface area contributed by atoms with Crippen LogP contribution in [0, 0.1) is 5.41 Å². The van der Waals surface area contributed by atoms with Gasteiger partial charge < -0.3 is 5.73 Å². The monoisotopic (exact) mass is 308 g/mol. The Morgan fingerprint density at radius 1 is 1.35 bits per heavy atom. The molecule has 0 fully saturated rings. The van der Waals surface area contributed by atoms with Gasteiger partial charge in [0, 0.05) is 21.1 Å². The number of nitrogens with two attached hydrogens (primary N) is 1. The van der Waals surface area contributed by atoms with Gasteiger partial charge in [-0.2, -0.15) is 0 Å². The molecule has 0 amide bonds. The molecule has 0 bridgehead atoms. The zero-order chi connectivity index (χ0) is 12.3. The Hall–Kier alpha value is -1.40. The van der Waals surface area contributed by atoms with E-state index < -0.39 is 0 Å². The highest BCUT2D eigenvalue weighted by Gasteiger charge is 2.11. The lowest BCUT2D eigenvalue weighted by Crippen LogP contribution is -2.13. The summed E-state index contributed by atoms with van der Waals surface area (Å²) in [5, 5.41) is 8.40. The van der Waals surface area contributed by atoms with Crippen LogP contribution < -0.4 is 5.73 Å². The minimum atomic E-state index is 0.0361. The van der Waals surface area contributed by atoms with Crippen LogP contribution in [0.3, 0.4) is 0 Å². The lowest BCUT2D eigenvalue weighted by Gasteiger charge is -2.08. The first-order valence-electron chi connectivity index (χ1n) is 4.75. The molecule has 4 nitrogen and oxygen atoms in total. The predicted molar refractivity (Wildman–Crippen MR) is 71.3 cm³/mol. The van der Waals surface area contributed by atoms with Crippen molar-refractivity contribution in [1.29, 1.82) is 5.41 Å². The van der Waals surface area contributed by atoms with E-state index in [1.807, 2.05) is 24.3 Å². The maximum atomic E-state index is 7.58. The fourth-order valence-electron chi connectivity index (χ4n) is 1.30. The van der Waals surface area contributed by atoms with Crippen LogP contribution in [0.15, 0.2) is 51.2 Å². The third-order valence-corrected chi connectivity index (χ3v) is 3.69. The molecule has 0 aliphatic carbocycles. The molecule has 1 heterocycles.